The highest BCUT2D eigenvalue weighted by atomic mass is 32.1. The number of thiophene rings is 1. The molecular formula is C26H20F2N8S. The number of hydrogen-bond acceptors (Lipinski definition) is 7. The van der Waals surface area contributed by atoms with Crippen molar-refractivity contribution in [3.8, 4) is 33.9 Å². The normalized spacial score (nSPS) is 15.7. The lowest BCUT2D eigenvalue weighted by Crippen LogP contribution is -2.24. The molecule has 8 nitrogen and oxygen atoms in total. The molecule has 1 aliphatic rings. The summed E-state index contributed by atoms with van der Waals surface area (Å²) in [6.07, 6.45) is 6.92. The summed E-state index contributed by atoms with van der Waals surface area (Å²) in [7, 11) is 0. The number of likely N-dealkylation sites (tertiary alicyclic amines) is 1. The molecule has 1 fully saturated rings. The van der Waals surface area contributed by atoms with Gasteiger partial charge in [0.15, 0.2) is 11.5 Å². The van der Waals surface area contributed by atoms with Crippen LogP contribution in [0.5, 0.6) is 0 Å². The van der Waals surface area contributed by atoms with Gasteiger partial charge in [0.25, 0.3) is 5.92 Å². The lowest BCUT2D eigenvalue weighted by Gasteiger charge is -2.15. The Morgan fingerprint density at radius 2 is 1.89 bits per heavy atom. The minimum absolute atomic E-state index is 0.103. The summed E-state index contributed by atoms with van der Waals surface area (Å²) in [5.41, 5.74) is 8.11. The second-order valence-corrected chi connectivity index (χ2v) is 10.0. The largest absolute Gasteiger partial charge is 0.335 e. The first-order valence-electron chi connectivity index (χ1n) is 11.8. The van der Waals surface area contributed by atoms with Gasteiger partial charge in [-0.3, -0.25) is 20.0 Å². The van der Waals surface area contributed by atoms with E-state index in [1.807, 2.05) is 35.8 Å². The zero-order chi connectivity index (χ0) is 25.0. The standard InChI is InChI=1S/C26H20F2N8S/c27-26(28)4-5-36(14-26)12-15-7-17(9-29-8-15)19-1-2-20-23(31-19)24(35-34-20)25-32-21-11-30-10-18(22(21)33-25)16-3-6-37-13-16/h1-3,6-11,13H,4-5,12,14H2,(H,32,33)(H,34,35). The molecule has 0 aromatic carbocycles. The van der Waals surface area contributed by atoms with Gasteiger partial charge in [-0.1, -0.05) is 0 Å². The number of H-pyrrole nitrogens is 2. The fourth-order valence-corrected chi connectivity index (χ4v) is 5.47. The van der Waals surface area contributed by atoms with Gasteiger partial charge >= 0.3 is 0 Å². The van der Waals surface area contributed by atoms with Crippen molar-refractivity contribution in [2.75, 3.05) is 13.1 Å². The Hall–Kier alpha value is -4.09. The van der Waals surface area contributed by atoms with E-state index in [1.54, 1.807) is 34.8 Å². The number of aromatic amines is 2. The fourth-order valence-electron chi connectivity index (χ4n) is 4.81. The van der Waals surface area contributed by atoms with Crippen LogP contribution in [0.25, 0.3) is 56.0 Å². The number of hydrogen-bond donors (Lipinski definition) is 2. The van der Waals surface area contributed by atoms with Crippen LogP contribution in [-0.4, -0.2) is 59.0 Å². The van der Waals surface area contributed by atoms with Crippen LogP contribution in [0.1, 0.15) is 12.0 Å². The van der Waals surface area contributed by atoms with E-state index < -0.39 is 5.92 Å². The van der Waals surface area contributed by atoms with Crippen LogP contribution in [0, 0.1) is 0 Å². The van der Waals surface area contributed by atoms with E-state index in [2.05, 4.69) is 30.5 Å². The third-order valence-corrected chi connectivity index (χ3v) is 7.29. The number of pyridine rings is 3. The first-order chi connectivity index (χ1) is 18.0. The van der Waals surface area contributed by atoms with E-state index in [9.17, 15) is 8.78 Å². The molecule has 7 heterocycles. The summed E-state index contributed by atoms with van der Waals surface area (Å²) in [6, 6.07) is 7.82. The van der Waals surface area contributed by atoms with E-state index in [1.165, 1.54) is 0 Å². The molecule has 0 bridgehead atoms. The monoisotopic (exact) mass is 514 g/mol. The van der Waals surface area contributed by atoms with Crippen LogP contribution >= 0.6 is 11.3 Å². The molecule has 6 aromatic rings. The Labute approximate surface area is 213 Å². The number of imidazole rings is 1. The Kier molecular flexibility index (Phi) is 5.08. The predicted octanol–water partition coefficient (Wildman–Crippen LogP) is 5.53. The van der Waals surface area contributed by atoms with Crippen molar-refractivity contribution < 1.29 is 8.78 Å². The minimum Gasteiger partial charge on any atom is -0.335 e. The molecule has 0 unspecified atom stereocenters. The Morgan fingerprint density at radius 1 is 0.973 bits per heavy atom. The fraction of sp³-hybridized carbons (Fsp3) is 0.192. The van der Waals surface area contributed by atoms with Gasteiger partial charge in [-0.2, -0.15) is 16.4 Å². The smallest absolute Gasteiger partial charge is 0.261 e. The number of fused-ring (bicyclic) bond motifs is 2. The van der Waals surface area contributed by atoms with Crippen molar-refractivity contribution in [3.05, 3.63) is 65.4 Å². The highest BCUT2D eigenvalue weighted by Gasteiger charge is 2.37. The van der Waals surface area contributed by atoms with Gasteiger partial charge in [0.1, 0.15) is 11.0 Å². The van der Waals surface area contributed by atoms with E-state index >= 15 is 0 Å². The number of alkyl halides is 2. The third kappa shape index (κ3) is 4.05. The van der Waals surface area contributed by atoms with Crippen molar-refractivity contribution in [2.24, 2.45) is 0 Å². The lowest BCUT2D eigenvalue weighted by atomic mass is 10.1. The Morgan fingerprint density at radius 3 is 2.73 bits per heavy atom. The van der Waals surface area contributed by atoms with Gasteiger partial charge in [0.05, 0.1) is 29.5 Å². The van der Waals surface area contributed by atoms with E-state index in [0.29, 0.717) is 35.8 Å². The molecule has 7 rings (SSSR count). The van der Waals surface area contributed by atoms with Crippen LogP contribution in [0.3, 0.4) is 0 Å². The quantitative estimate of drug-likeness (QED) is 0.314. The summed E-state index contributed by atoms with van der Waals surface area (Å²) < 4.78 is 27.2. The van der Waals surface area contributed by atoms with Crippen LogP contribution in [0.4, 0.5) is 8.78 Å². The molecule has 0 amide bonds. The summed E-state index contributed by atoms with van der Waals surface area (Å²) >= 11 is 1.62. The topological polar surface area (TPSA) is 99.3 Å². The average Bonchev–Trinajstić information content (AvgIpc) is 3.69. The molecule has 184 valence electrons. The van der Waals surface area contributed by atoms with Crippen LogP contribution in [-0.2, 0) is 6.54 Å². The van der Waals surface area contributed by atoms with Crippen molar-refractivity contribution in [2.45, 2.75) is 18.9 Å². The molecule has 1 saturated heterocycles. The van der Waals surface area contributed by atoms with Crippen molar-refractivity contribution in [1.29, 1.82) is 0 Å². The number of halogens is 2. The highest BCUT2D eigenvalue weighted by Crippen LogP contribution is 2.32. The molecule has 0 saturated carbocycles. The van der Waals surface area contributed by atoms with Crippen molar-refractivity contribution in [3.63, 3.8) is 0 Å². The van der Waals surface area contributed by atoms with Gasteiger partial charge in [-0.25, -0.2) is 18.7 Å². The van der Waals surface area contributed by atoms with Crippen LogP contribution in [0.2, 0.25) is 0 Å². The second kappa shape index (κ2) is 8.49. The SMILES string of the molecule is FC1(F)CCN(Cc2cncc(-c3ccc4[nH]nc(-c5nc6c(-c7ccsc7)cncc6[nH]5)c4n3)c2)C1. The van der Waals surface area contributed by atoms with Crippen LogP contribution < -0.4 is 0 Å². The van der Waals surface area contributed by atoms with E-state index in [-0.39, 0.29) is 13.0 Å². The summed E-state index contributed by atoms with van der Waals surface area (Å²) in [5.74, 6) is -2.02. The Balaban J connectivity index is 1.24. The van der Waals surface area contributed by atoms with Gasteiger partial charge < -0.3 is 4.98 Å². The zero-order valence-electron chi connectivity index (χ0n) is 19.4. The summed E-state index contributed by atoms with van der Waals surface area (Å²) in [5, 5.41) is 11.6. The predicted molar refractivity (Wildman–Crippen MR) is 138 cm³/mol. The Bertz CT molecular complexity index is 1740. The molecule has 11 heteroatoms. The average molecular weight is 515 g/mol. The molecule has 0 radical (unpaired) electrons. The van der Waals surface area contributed by atoms with Gasteiger partial charge in [-0.15, -0.1) is 0 Å². The zero-order valence-corrected chi connectivity index (χ0v) is 20.3. The van der Waals surface area contributed by atoms with Gasteiger partial charge in [0, 0.05) is 49.2 Å². The van der Waals surface area contributed by atoms with Crippen molar-refractivity contribution >= 4 is 33.4 Å². The molecule has 0 aliphatic carbocycles. The van der Waals surface area contributed by atoms with Gasteiger partial charge in [-0.05, 0) is 46.2 Å². The molecule has 6 aromatic heterocycles. The summed E-state index contributed by atoms with van der Waals surface area (Å²) in [6.45, 7) is 0.580. The molecule has 0 spiro atoms. The molecule has 37 heavy (non-hydrogen) atoms. The first kappa shape index (κ1) is 22.1. The lowest BCUT2D eigenvalue weighted by molar-refractivity contribution is 0.0115. The highest BCUT2D eigenvalue weighted by molar-refractivity contribution is 7.08. The minimum atomic E-state index is -2.62. The third-order valence-electron chi connectivity index (χ3n) is 6.60. The maximum absolute atomic E-state index is 13.6. The summed E-state index contributed by atoms with van der Waals surface area (Å²) in [4.78, 5) is 23.5. The number of aromatic nitrogens is 7. The molecule has 0 atom stereocenters. The van der Waals surface area contributed by atoms with Gasteiger partial charge in [0.2, 0.25) is 0 Å². The van der Waals surface area contributed by atoms with Crippen LogP contribution in [0.15, 0.2) is 59.8 Å². The number of rotatable bonds is 5. The van der Waals surface area contributed by atoms with E-state index in [4.69, 9.17) is 9.97 Å². The first-order valence-corrected chi connectivity index (χ1v) is 12.7. The van der Waals surface area contributed by atoms with E-state index in [0.717, 1.165) is 38.8 Å². The molecule has 1 aliphatic heterocycles. The maximum atomic E-state index is 13.6. The maximum Gasteiger partial charge on any atom is 0.261 e. The second-order valence-electron chi connectivity index (χ2n) is 9.24. The molecular weight excluding hydrogens is 494 g/mol. The van der Waals surface area contributed by atoms with Crippen molar-refractivity contribution in [1.82, 2.24) is 40.0 Å². The number of nitrogens with one attached hydrogen (secondary N) is 2. The molecule has 2 N–H and O–H groups in total. The number of nitrogens with zero attached hydrogens (tertiary/aromatic N) is 6.